The summed E-state index contributed by atoms with van der Waals surface area (Å²) in [6, 6.07) is 23.9. The fourth-order valence-electron chi connectivity index (χ4n) is 3.90. The van der Waals surface area contributed by atoms with Gasteiger partial charge in [-0.25, -0.2) is 0 Å². The van der Waals surface area contributed by atoms with Gasteiger partial charge in [0.2, 0.25) is 0 Å². The van der Waals surface area contributed by atoms with E-state index >= 15 is 0 Å². The van der Waals surface area contributed by atoms with E-state index in [1.165, 1.54) is 0 Å². The van der Waals surface area contributed by atoms with Gasteiger partial charge < -0.3 is 9.47 Å². The van der Waals surface area contributed by atoms with Crippen LogP contribution in [0.3, 0.4) is 0 Å². The zero-order valence-corrected chi connectivity index (χ0v) is 14.8. The van der Waals surface area contributed by atoms with Crippen molar-refractivity contribution in [1.82, 2.24) is 0 Å². The van der Waals surface area contributed by atoms with E-state index in [0.717, 1.165) is 16.7 Å². The number of fused-ring (bicyclic) bond motifs is 1. The van der Waals surface area contributed by atoms with Crippen LogP contribution in [0, 0.1) is 0 Å². The van der Waals surface area contributed by atoms with Crippen molar-refractivity contribution in [3.8, 4) is 11.5 Å². The fourth-order valence-corrected chi connectivity index (χ4v) is 3.90. The number of benzene rings is 3. The maximum absolute atomic E-state index is 13.4. The van der Waals surface area contributed by atoms with Gasteiger partial charge in [-0.3, -0.25) is 4.79 Å². The molecule has 0 saturated heterocycles. The van der Waals surface area contributed by atoms with E-state index in [-0.39, 0.29) is 17.6 Å². The highest BCUT2D eigenvalue weighted by atomic mass is 16.5. The number of methoxy groups -OCH3 is 2. The molecule has 0 heterocycles. The Balaban J connectivity index is 1.94. The van der Waals surface area contributed by atoms with Crippen LogP contribution in [0.4, 0.5) is 0 Å². The van der Waals surface area contributed by atoms with Crippen molar-refractivity contribution in [1.29, 1.82) is 0 Å². The summed E-state index contributed by atoms with van der Waals surface area (Å²) in [5, 5.41) is 0. The van der Waals surface area contributed by atoms with Crippen molar-refractivity contribution in [3.63, 3.8) is 0 Å². The highest BCUT2D eigenvalue weighted by molar-refractivity contribution is 6.07. The number of carbonyl (C=O) groups is 1. The maximum atomic E-state index is 13.4. The Morgan fingerprint density at radius 2 is 1.19 bits per heavy atom. The van der Waals surface area contributed by atoms with Crippen molar-refractivity contribution in [2.75, 3.05) is 14.2 Å². The lowest BCUT2D eigenvalue weighted by molar-refractivity contribution is 0.0968. The highest BCUT2D eigenvalue weighted by Crippen LogP contribution is 2.50. The minimum atomic E-state index is -0.245. The van der Waals surface area contributed by atoms with Gasteiger partial charge in [-0.2, -0.15) is 0 Å². The molecule has 0 N–H and O–H groups in total. The van der Waals surface area contributed by atoms with E-state index in [9.17, 15) is 4.79 Å². The molecule has 2 atom stereocenters. The second-order valence-electron chi connectivity index (χ2n) is 6.44. The zero-order valence-electron chi connectivity index (χ0n) is 14.8. The predicted octanol–water partition coefficient (Wildman–Crippen LogP) is 4.82. The van der Waals surface area contributed by atoms with Crippen molar-refractivity contribution in [2.45, 2.75) is 11.8 Å². The zero-order chi connectivity index (χ0) is 18.1. The summed E-state index contributed by atoms with van der Waals surface area (Å²) in [6.07, 6.45) is 0. The SMILES string of the molecule is COc1cc2c(cc1OC)[C@H](c1ccccc1)[C@@H](c1ccccc1)C2=O. The molecule has 3 nitrogen and oxygen atoms in total. The third-order valence-electron chi connectivity index (χ3n) is 5.09. The van der Waals surface area contributed by atoms with Crippen LogP contribution in [0.1, 0.15) is 38.9 Å². The number of carbonyl (C=O) groups excluding carboxylic acids is 1. The molecule has 0 fully saturated rings. The molecule has 3 aromatic rings. The fraction of sp³-hybridized carbons (Fsp3) is 0.174. The smallest absolute Gasteiger partial charge is 0.171 e. The molecule has 0 amide bonds. The van der Waals surface area contributed by atoms with Crippen LogP contribution < -0.4 is 9.47 Å². The van der Waals surface area contributed by atoms with Crippen molar-refractivity contribution < 1.29 is 14.3 Å². The highest BCUT2D eigenvalue weighted by Gasteiger charge is 2.42. The first kappa shape index (κ1) is 16.4. The number of hydrogen-bond donors (Lipinski definition) is 0. The van der Waals surface area contributed by atoms with Gasteiger partial charge in [0, 0.05) is 11.5 Å². The van der Waals surface area contributed by atoms with Crippen LogP contribution in [-0.2, 0) is 0 Å². The Bertz CT molecular complexity index is 932. The molecule has 3 aromatic carbocycles. The monoisotopic (exact) mass is 344 g/mol. The van der Waals surface area contributed by atoms with E-state index < -0.39 is 0 Å². The largest absolute Gasteiger partial charge is 0.493 e. The van der Waals surface area contributed by atoms with Crippen molar-refractivity contribution in [2.24, 2.45) is 0 Å². The van der Waals surface area contributed by atoms with Gasteiger partial charge in [-0.05, 0) is 28.8 Å². The first-order chi connectivity index (χ1) is 12.7. The molecule has 0 radical (unpaired) electrons. The summed E-state index contributed by atoms with van der Waals surface area (Å²) in [4.78, 5) is 13.4. The van der Waals surface area contributed by atoms with E-state index in [4.69, 9.17) is 9.47 Å². The number of ether oxygens (including phenoxy) is 2. The van der Waals surface area contributed by atoms with E-state index in [0.29, 0.717) is 17.1 Å². The number of hydrogen-bond acceptors (Lipinski definition) is 3. The molecule has 130 valence electrons. The van der Waals surface area contributed by atoms with Gasteiger partial charge >= 0.3 is 0 Å². The van der Waals surface area contributed by atoms with Crippen LogP contribution in [0.25, 0.3) is 0 Å². The van der Waals surface area contributed by atoms with Crippen LogP contribution in [0.15, 0.2) is 72.8 Å². The minimum absolute atomic E-state index is 0.0408. The number of rotatable bonds is 4. The molecule has 1 aliphatic carbocycles. The average molecular weight is 344 g/mol. The second-order valence-corrected chi connectivity index (χ2v) is 6.44. The molecule has 0 unspecified atom stereocenters. The molecule has 26 heavy (non-hydrogen) atoms. The summed E-state index contributed by atoms with van der Waals surface area (Å²) in [5.74, 6) is 1.07. The Morgan fingerprint density at radius 3 is 1.73 bits per heavy atom. The molecule has 3 heteroatoms. The molecular weight excluding hydrogens is 324 g/mol. The van der Waals surface area contributed by atoms with Crippen molar-refractivity contribution in [3.05, 3.63) is 95.1 Å². The van der Waals surface area contributed by atoms with E-state index in [2.05, 4.69) is 12.1 Å². The molecule has 0 bridgehead atoms. The van der Waals surface area contributed by atoms with Gasteiger partial charge in [0.05, 0.1) is 20.1 Å². The minimum Gasteiger partial charge on any atom is -0.493 e. The quantitative estimate of drug-likeness (QED) is 0.681. The first-order valence-corrected chi connectivity index (χ1v) is 8.64. The molecule has 0 saturated carbocycles. The summed E-state index contributed by atoms with van der Waals surface area (Å²) < 4.78 is 10.9. The predicted molar refractivity (Wildman–Crippen MR) is 101 cm³/mol. The molecule has 0 aromatic heterocycles. The molecule has 0 aliphatic heterocycles. The van der Waals surface area contributed by atoms with Crippen molar-refractivity contribution >= 4 is 5.78 Å². The Labute approximate surface area is 153 Å². The van der Waals surface area contributed by atoms with Gasteiger partial charge in [-0.15, -0.1) is 0 Å². The Kier molecular flexibility index (Phi) is 4.21. The summed E-state index contributed by atoms with van der Waals surface area (Å²) in [7, 11) is 3.21. The van der Waals surface area contributed by atoms with Gasteiger partial charge in [0.15, 0.2) is 17.3 Å². The summed E-state index contributed by atoms with van der Waals surface area (Å²) in [5.41, 5.74) is 3.86. The van der Waals surface area contributed by atoms with Gasteiger partial charge in [0.25, 0.3) is 0 Å². The van der Waals surface area contributed by atoms with Crippen LogP contribution >= 0.6 is 0 Å². The number of ketones is 1. The van der Waals surface area contributed by atoms with Crippen LogP contribution in [0.5, 0.6) is 11.5 Å². The average Bonchev–Trinajstić information content (AvgIpc) is 2.99. The molecule has 1 aliphatic rings. The van der Waals surface area contributed by atoms with Gasteiger partial charge in [0.1, 0.15) is 0 Å². The van der Waals surface area contributed by atoms with E-state index in [1.807, 2.05) is 60.7 Å². The van der Waals surface area contributed by atoms with Gasteiger partial charge in [-0.1, -0.05) is 60.7 Å². The number of Topliss-reactive ketones (excluding diaryl/α,β-unsaturated/α-hetero) is 1. The summed E-state index contributed by atoms with van der Waals surface area (Å²) >= 11 is 0. The van der Waals surface area contributed by atoms with E-state index in [1.54, 1.807) is 14.2 Å². The Hall–Kier alpha value is -3.07. The second kappa shape index (κ2) is 6.68. The topological polar surface area (TPSA) is 35.5 Å². The van der Waals surface area contributed by atoms with Crippen LogP contribution in [0.2, 0.25) is 0 Å². The van der Waals surface area contributed by atoms with Crippen LogP contribution in [-0.4, -0.2) is 20.0 Å². The Morgan fingerprint density at radius 1 is 0.692 bits per heavy atom. The third kappa shape index (κ3) is 2.57. The molecule has 4 rings (SSSR count). The third-order valence-corrected chi connectivity index (χ3v) is 5.09. The molecular formula is C23H20O3. The maximum Gasteiger partial charge on any atom is 0.171 e. The first-order valence-electron chi connectivity index (χ1n) is 8.64. The summed E-state index contributed by atoms with van der Waals surface area (Å²) in [6.45, 7) is 0. The molecule has 0 spiro atoms. The normalized spacial score (nSPS) is 18.5. The lowest BCUT2D eigenvalue weighted by Gasteiger charge is -2.20. The lowest BCUT2D eigenvalue weighted by Crippen LogP contribution is -2.12. The lowest BCUT2D eigenvalue weighted by atomic mass is 9.81. The standard InChI is InChI=1S/C23H20O3/c1-25-19-13-17-18(14-20(19)26-2)23(24)22(16-11-7-4-8-12-16)21(17)15-9-5-3-6-10-15/h3-14,21-22H,1-2H3/t21-,22+/m0/s1.